The van der Waals surface area contributed by atoms with Crippen molar-refractivity contribution in [2.45, 2.75) is 39.4 Å². The number of pyridine rings is 1. The number of ether oxygens (including phenoxy) is 1. The Balaban J connectivity index is 1.43. The van der Waals surface area contributed by atoms with Crippen LogP contribution in [-0.2, 0) is 4.74 Å². The molecule has 3 aromatic rings. The van der Waals surface area contributed by atoms with Crippen LogP contribution in [0.2, 0.25) is 0 Å². The quantitative estimate of drug-likeness (QED) is 0.622. The second-order valence-electron chi connectivity index (χ2n) is 7.61. The lowest BCUT2D eigenvalue weighted by Crippen LogP contribution is -2.46. The Hall–Kier alpha value is -2.29. The largest absolute Gasteiger partial charge is 0.373 e. The van der Waals surface area contributed by atoms with Gasteiger partial charge >= 0.3 is 0 Å². The molecule has 4 rings (SSSR count). The number of carbonyl (C=O) groups is 1. The third-order valence-corrected chi connectivity index (χ3v) is 5.96. The smallest absolute Gasteiger partial charge is 0.259 e. The molecule has 1 aliphatic heterocycles. The zero-order valence-electron chi connectivity index (χ0n) is 17.0. The van der Waals surface area contributed by atoms with Gasteiger partial charge in [-0.3, -0.25) is 9.69 Å². The number of fused-ring (bicyclic) bond motifs is 1. The first kappa shape index (κ1) is 20.0. The van der Waals surface area contributed by atoms with Crippen molar-refractivity contribution in [3.05, 3.63) is 34.8 Å². The van der Waals surface area contributed by atoms with E-state index in [1.807, 2.05) is 30.5 Å². The van der Waals surface area contributed by atoms with Crippen LogP contribution in [0.1, 0.15) is 36.3 Å². The fourth-order valence-corrected chi connectivity index (χ4v) is 4.58. The predicted octanol–water partition coefficient (Wildman–Crippen LogP) is 3.49. The zero-order valence-corrected chi connectivity index (χ0v) is 17.8. The van der Waals surface area contributed by atoms with Crippen molar-refractivity contribution < 1.29 is 14.1 Å². The van der Waals surface area contributed by atoms with Crippen LogP contribution < -0.4 is 5.32 Å². The molecule has 8 heteroatoms. The lowest BCUT2D eigenvalue weighted by Gasteiger charge is -2.35. The predicted molar refractivity (Wildman–Crippen MR) is 113 cm³/mol. The van der Waals surface area contributed by atoms with E-state index in [0.29, 0.717) is 28.9 Å². The van der Waals surface area contributed by atoms with Crippen LogP contribution in [0.25, 0.3) is 21.7 Å². The van der Waals surface area contributed by atoms with E-state index in [1.54, 1.807) is 11.3 Å². The van der Waals surface area contributed by atoms with Gasteiger partial charge in [-0.2, -0.15) is 0 Å². The normalized spacial score (nSPS) is 20.2. The summed E-state index contributed by atoms with van der Waals surface area (Å²) in [4.78, 5) is 20.9. The summed E-state index contributed by atoms with van der Waals surface area (Å²) in [5, 5.41) is 9.72. The third-order valence-electron chi connectivity index (χ3n) is 5.07. The number of hydrogen-bond donors (Lipinski definition) is 1. The fourth-order valence-electron chi connectivity index (χ4n) is 3.89. The van der Waals surface area contributed by atoms with Crippen molar-refractivity contribution in [2.75, 3.05) is 26.2 Å². The number of amides is 1. The van der Waals surface area contributed by atoms with Crippen molar-refractivity contribution in [2.24, 2.45) is 0 Å². The molecule has 1 N–H and O–H groups in total. The number of aryl methyl sites for hydroxylation is 1. The molecule has 0 spiro atoms. The van der Waals surface area contributed by atoms with E-state index in [9.17, 15) is 4.79 Å². The highest BCUT2D eigenvalue weighted by atomic mass is 32.1. The van der Waals surface area contributed by atoms with E-state index >= 15 is 0 Å². The molecule has 0 aromatic carbocycles. The molecule has 1 amide bonds. The maximum Gasteiger partial charge on any atom is 0.259 e. The van der Waals surface area contributed by atoms with Crippen molar-refractivity contribution >= 4 is 28.3 Å². The lowest BCUT2D eigenvalue weighted by atomic mass is 10.1. The molecule has 0 unspecified atom stereocenters. The van der Waals surface area contributed by atoms with E-state index in [1.165, 1.54) is 0 Å². The summed E-state index contributed by atoms with van der Waals surface area (Å²) in [5.41, 5.74) is 2.36. The van der Waals surface area contributed by atoms with Crippen molar-refractivity contribution in [1.29, 1.82) is 0 Å². The minimum absolute atomic E-state index is 0.120. The molecule has 0 aliphatic carbocycles. The Morgan fingerprint density at radius 3 is 2.86 bits per heavy atom. The molecular formula is C21H26N4O3S. The first-order valence-corrected chi connectivity index (χ1v) is 10.9. The van der Waals surface area contributed by atoms with E-state index in [2.05, 4.69) is 34.2 Å². The molecular weight excluding hydrogens is 388 g/mol. The number of nitrogens with one attached hydrogen (secondary N) is 1. The Kier molecular flexibility index (Phi) is 5.94. The van der Waals surface area contributed by atoms with Gasteiger partial charge in [0.2, 0.25) is 0 Å². The highest BCUT2D eigenvalue weighted by Gasteiger charge is 2.22. The molecule has 29 heavy (non-hydrogen) atoms. The third kappa shape index (κ3) is 4.49. The summed E-state index contributed by atoms with van der Waals surface area (Å²) >= 11 is 1.58. The molecule has 1 aliphatic rings. The zero-order chi connectivity index (χ0) is 20.4. The molecule has 154 valence electrons. The minimum Gasteiger partial charge on any atom is -0.373 e. The number of nitrogens with zero attached hydrogens (tertiary/aromatic N) is 3. The van der Waals surface area contributed by atoms with Gasteiger partial charge in [-0.1, -0.05) is 11.2 Å². The molecule has 0 bridgehead atoms. The molecule has 0 radical (unpaired) electrons. The lowest BCUT2D eigenvalue weighted by molar-refractivity contribution is -0.0679. The van der Waals surface area contributed by atoms with Crippen LogP contribution in [-0.4, -0.2) is 59.3 Å². The summed E-state index contributed by atoms with van der Waals surface area (Å²) in [5.74, 6) is -0.120. The number of aromatic nitrogens is 2. The van der Waals surface area contributed by atoms with Gasteiger partial charge < -0.3 is 14.6 Å². The number of thiophene rings is 1. The standard InChI is InChI=1S/C21H26N4O3S/c1-13-11-25(12-14(2)27-13)8-5-7-22-20(26)16-10-17(18-6-4-9-29-18)23-21-19(16)15(3)24-28-21/h4,6,9-10,13-14H,5,7-8,11-12H2,1-3H3,(H,22,26)/t13-,14-/m0/s1. The number of rotatable bonds is 6. The van der Waals surface area contributed by atoms with Crippen molar-refractivity contribution in [1.82, 2.24) is 20.4 Å². The number of morpholine rings is 1. The van der Waals surface area contributed by atoms with Gasteiger partial charge in [-0.05, 0) is 44.7 Å². The van der Waals surface area contributed by atoms with E-state index in [0.717, 1.165) is 36.6 Å². The summed E-state index contributed by atoms with van der Waals surface area (Å²) in [6, 6.07) is 5.78. The highest BCUT2D eigenvalue weighted by Crippen LogP contribution is 2.29. The maximum atomic E-state index is 12.9. The number of carbonyl (C=O) groups excluding carboxylic acids is 1. The molecule has 0 saturated carbocycles. The maximum absolute atomic E-state index is 12.9. The van der Waals surface area contributed by atoms with Gasteiger partial charge in [0.25, 0.3) is 11.6 Å². The first-order chi connectivity index (χ1) is 14.0. The Morgan fingerprint density at radius 1 is 1.34 bits per heavy atom. The fraction of sp³-hybridized carbons (Fsp3) is 0.476. The minimum atomic E-state index is -0.120. The summed E-state index contributed by atoms with van der Waals surface area (Å²) in [7, 11) is 0. The Morgan fingerprint density at radius 2 is 2.14 bits per heavy atom. The van der Waals surface area contributed by atoms with Crippen molar-refractivity contribution in [3.63, 3.8) is 0 Å². The van der Waals surface area contributed by atoms with Crippen LogP contribution in [0.4, 0.5) is 0 Å². The van der Waals surface area contributed by atoms with Gasteiger partial charge in [0.1, 0.15) is 0 Å². The Bertz CT molecular complexity index is 975. The second kappa shape index (κ2) is 8.61. The van der Waals surface area contributed by atoms with Gasteiger partial charge in [0.05, 0.1) is 39.4 Å². The summed E-state index contributed by atoms with van der Waals surface area (Å²) in [6.45, 7) is 9.46. The van der Waals surface area contributed by atoms with Crippen LogP contribution in [0, 0.1) is 6.92 Å². The van der Waals surface area contributed by atoms with Gasteiger partial charge in [-0.15, -0.1) is 11.3 Å². The molecule has 4 heterocycles. The van der Waals surface area contributed by atoms with Crippen LogP contribution in [0.15, 0.2) is 28.1 Å². The average Bonchev–Trinajstić information content (AvgIpc) is 3.34. The topological polar surface area (TPSA) is 80.5 Å². The number of hydrogen-bond acceptors (Lipinski definition) is 7. The van der Waals surface area contributed by atoms with Crippen LogP contribution >= 0.6 is 11.3 Å². The van der Waals surface area contributed by atoms with Gasteiger partial charge in [-0.25, -0.2) is 4.98 Å². The van der Waals surface area contributed by atoms with Crippen LogP contribution in [0.5, 0.6) is 0 Å². The Labute approximate surface area is 174 Å². The SMILES string of the molecule is Cc1noc2nc(-c3cccs3)cc(C(=O)NCCCN3C[C@H](C)O[C@@H](C)C3)c12. The average molecular weight is 415 g/mol. The molecule has 1 fully saturated rings. The monoisotopic (exact) mass is 414 g/mol. The van der Waals surface area contributed by atoms with Crippen LogP contribution in [0.3, 0.4) is 0 Å². The van der Waals surface area contributed by atoms with E-state index < -0.39 is 0 Å². The summed E-state index contributed by atoms with van der Waals surface area (Å²) in [6.07, 6.45) is 1.40. The second-order valence-corrected chi connectivity index (χ2v) is 8.55. The van der Waals surface area contributed by atoms with E-state index in [-0.39, 0.29) is 18.1 Å². The molecule has 7 nitrogen and oxygen atoms in total. The van der Waals surface area contributed by atoms with Gasteiger partial charge in [0.15, 0.2) is 0 Å². The molecule has 2 atom stereocenters. The van der Waals surface area contributed by atoms with Crippen molar-refractivity contribution in [3.8, 4) is 10.6 Å². The first-order valence-electron chi connectivity index (χ1n) is 9.98. The summed E-state index contributed by atoms with van der Waals surface area (Å²) < 4.78 is 11.1. The molecule has 1 saturated heterocycles. The van der Waals surface area contributed by atoms with E-state index in [4.69, 9.17) is 9.26 Å². The van der Waals surface area contributed by atoms with Gasteiger partial charge in [0, 0.05) is 26.2 Å². The molecule has 3 aromatic heterocycles. The highest BCUT2D eigenvalue weighted by molar-refractivity contribution is 7.13.